The highest BCUT2D eigenvalue weighted by molar-refractivity contribution is 5.40. The lowest BCUT2D eigenvalue weighted by Crippen LogP contribution is -2.44. The standard InChI is InChI=1S/C13H22N4/c1-4-5-12-10-13(15-11(2)14-12)17-8-6-16(3)7-9-17/h10H,4-9H2,1-3H3. The monoisotopic (exact) mass is 234 g/mol. The van der Waals surface area contributed by atoms with Crippen LogP contribution in [0.5, 0.6) is 0 Å². The topological polar surface area (TPSA) is 32.3 Å². The highest BCUT2D eigenvalue weighted by atomic mass is 15.3. The van der Waals surface area contributed by atoms with Crippen LogP contribution in [0.2, 0.25) is 0 Å². The summed E-state index contributed by atoms with van der Waals surface area (Å²) in [5, 5.41) is 0. The van der Waals surface area contributed by atoms with Gasteiger partial charge in [-0.1, -0.05) is 13.3 Å². The number of hydrogen-bond acceptors (Lipinski definition) is 4. The van der Waals surface area contributed by atoms with Gasteiger partial charge < -0.3 is 9.80 Å². The summed E-state index contributed by atoms with van der Waals surface area (Å²) in [7, 11) is 2.17. The first-order valence-corrected chi connectivity index (χ1v) is 6.47. The van der Waals surface area contributed by atoms with Gasteiger partial charge in [0, 0.05) is 37.9 Å². The largest absolute Gasteiger partial charge is 0.354 e. The predicted octanol–water partition coefficient (Wildman–Crippen LogP) is 1.49. The molecule has 4 heteroatoms. The lowest BCUT2D eigenvalue weighted by Gasteiger charge is -2.33. The van der Waals surface area contributed by atoms with E-state index in [1.807, 2.05) is 6.92 Å². The number of likely N-dealkylation sites (N-methyl/N-ethyl adjacent to an activating group) is 1. The van der Waals surface area contributed by atoms with Crippen molar-refractivity contribution in [3.8, 4) is 0 Å². The van der Waals surface area contributed by atoms with E-state index in [-0.39, 0.29) is 0 Å². The highest BCUT2D eigenvalue weighted by Gasteiger charge is 2.16. The molecule has 4 nitrogen and oxygen atoms in total. The number of anilines is 1. The Balaban J connectivity index is 2.14. The molecule has 0 spiro atoms. The van der Waals surface area contributed by atoms with Crippen LogP contribution in [0.15, 0.2) is 6.07 Å². The Morgan fingerprint density at radius 2 is 1.88 bits per heavy atom. The molecular formula is C13H22N4. The van der Waals surface area contributed by atoms with Gasteiger partial charge in [0.2, 0.25) is 0 Å². The zero-order valence-corrected chi connectivity index (χ0v) is 11.1. The van der Waals surface area contributed by atoms with Gasteiger partial charge in [-0.2, -0.15) is 0 Å². The van der Waals surface area contributed by atoms with E-state index < -0.39 is 0 Å². The number of piperazine rings is 1. The summed E-state index contributed by atoms with van der Waals surface area (Å²) < 4.78 is 0. The summed E-state index contributed by atoms with van der Waals surface area (Å²) in [4.78, 5) is 13.8. The molecule has 0 radical (unpaired) electrons. The van der Waals surface area contributed by atoms with Crippen LogP contribution in [0.4, 0.5) is 5.82 Å². The molecule has 0 N–H and O–H groups in total. The van der Waals surface area contributed by atoms with Gasteiger partial charge in [-0.05, 0) is 20.4 Å². The minimum absolute atomic E-state index is 0.893. The minimum atomic E-state index is 0.893. The molecule has 2 rings (SSSR count). The van der Waals surface area contributed by atoms with Crippen LogP contribution in [0.3, 0.4) is 0 Å². The molecule has 1 aromatic rings. The molecule has 0 saturated carbocycles. The molecule has 94 valence electrons. The Labute approximate surface area is 104 Å². The average molecular weight is 234 g/mol. The van der Waals surface area contributed by atoms with Crippen LogP contribution in [-0.2, 0) is 6.42 Å². The SMILES string of the molecule is CCCc1cc(N2CCN(C)CC2)nc(C)n1. The van der Waals surface area contributed by atoms with E-state index in [4.69, 9.17) is 0 Å². The van der Waals surface area contributed by atoms with Gasteiger partial charge in [-0.15, -0.1) is 0 Å². The Morgan fingerprint density at radius 1 is 1.18 bits per heavy atom. The Hall–Kier alpha value is -1.16. The van der Waals surface area contributed by atoms with Crippen LogP contribution in [-0.4, -0.2) is 48.1 Å². The highest BCUT2D eigenvalue weighted by Crippen LogP contribution is 2.15. The van der Waals surface area contributed by atoms with Crippen molar-refractivity contribution in [2.75, 3.05) is 38.1 Å². The Bertz CT molecular complexity index is 370. The Morgan fingerprint density at radius 3 is 2.53 bits per heavy atom. The van der Waals surface area contributed by atoms with Crippen LogP contribution >= 0.6 is 0 Å². The second kappa shape index (κ2) is 5.45. The second-order valence-corrected chi connectivity index (χ2v) is 4.81. The molecule has 1 aliphatic rings. The van der Waals surface area contributed by atoms with E-state index in [1.165, 1.54) is 5.69 Å². The molecule has 17 heavy (non-hydrogen) atoms. The fourth-order valence-electron chi connectivity index (χ4n) is 2.19. The summed E-state index contributed by atoms with van der Waals surface area (Å²) in [6.45, 7) is 8.54. The smallest absolute Gasteiger partial charge is 0.132 e. The van der Waals surface area contributed by atoms with Crippen molar-refractivity contribution in [2.24, 2.45) is 0 Å². The van der Waals surface area contributed by atoms with Gasteiger partial charge in [-0.25, -0.2) is 9.97 Å². The van der Waals surface area contributed by atoms with E-state index in [1.54, 1.807) is 0 Å². The molecular weight excluding hydrogens is 212 g/mol. The molecule has 0 aliphatic carbocycles. The van der Waals surface area contributed by atoms with Crippen LogP contribution < -0.4 is 4.90 Å². The van der Waals surface area contributed by atoms with Gasteiger partial charge in [0.15, 0.2) is 0 Å². The van der Waals surface area contributed by atoms with Crippen molar-refractivity contribution in [3.05, 3.63) is 17.6 Å². The lowest BCUT2D eigenvalue weighted by atomic mass is 10.2. The minimum Gasteiger partial charge on any atom is -0.354 e. The lowest BCUT2D eigenvalue weighted by molar-refractivity contribution is 0.312. The summed E-state index contributed by atoms with van der Waals surface area (Å²) in [5.41, 5.74) is 1.17. The molecule has 0 aromatic carbocycles. The van der Waals surface area contributed by atoms with Crippen molar-refractivity contribution >= 4 is 5.82 Å². The van der Waals surface area contributed by atoms with Crippen LogP contribution in [0, 0.1) is 6.92 Å². The number of rotatable bonds is 3. The molecule has 1 aromatic heterocycles. The van der Waals surface area contributed by atoms with Gasteiger partial charge >= 0.3 is 0 Å². The molecule has 0 amide bonds. The van der Waals surface area contributed by atoms with E-state index >= 15 is 0 Å². The number of hydrogen-bond donors (Lipinski definition) is 0. The van der Waals surface area contributed by atoms with E-state index in [9.17, 15) is 0 Å². The van der Waals surface area contributed by atoms with E-state index in [0.717, 1.165) is 50.7 Å². The molecule has 1 fully saturated rings. The third-order valence-corrected chi connectivity index (χ3v) is 3.21. The summed E-state index contributed by atoms with van der Waals surface area (Å²) in [6, 6.07) is 2.15. The van der Waals surface area contributed by atoms with Crippen molar-refractivity contribution in [1.82, 2.24) is 14.9 Å². The maximum Gasteiger partial charge on any atom is 0.132 e. The summed E-state index contributed by atoms with van der Waals surface area (Å²) >= 11 is 0. The molecule has 2 heterocycles. The first kappa shape index (κ1) is 12.3. The zero-order valence-electron chi connectivity index (χ0n) is 11.1. The quantitative estimate of drug-likeness (QED) is 0.793. The fourth-order valence-corrected chi connectivity index (χ4v) is 2.19. The van der Waals surface area contributed by atoms with Gasteiger partial charge in [-0.3, -0.25) is 0 Å². The van der Waals surface area contributed by atoms with Crippen molar-refractivity contribution in [1.29, 1.82) is 0 Å². The molecule has 0 unspecified atom stereocenters. The molecule has 0 atom stereocenters. The maximum absolute atomic E-state index is 4.56. The van der Waals surface area contributed by atoms with E-state index in [0.29, 0.717) is 0 Å². The third-order valence-electron chi connectivity index (χ3n) is 3.21. The Kier molecular flexibility index (Phi) is 3.94. The van der Waals surface area contributed by atoms with Gasteiger partial charge in [0.05, 0.1) is 0 Å². The maximum atomic E-state index is 4.56. The van der Waals surface area contributed by atoms with Crippen molar-refractivity contribution < 1.29 is 0 Å². The number of aryl methyl sites for hydroxylation is 2. The van der Waals surface area contributed by atoms with Gasteiger partial charge in [0.25, 0.3) is 0 Å². The second-order valence-electron chi connectivity index (χ2n) is 4.81. The summed E-state index contributed by atoms with van der Waals surface area (Å²) in [6.07, 6.45) is 2.18. The molecule has 1 aliphatic heterocycles. The fraction of sp³-hybridized carbons (Fsp3) is 0.692. The average Bonchev–Trinajstić information content (AvgIpc) is 2.29. The number of aromatic nitrogens is 2. The van der Waals surface area contributed by atoms with E-state index in [2.05, 4.69) is 39.8 Å². The first-order chi connectivity index (χ1) is 8.19. The van der Waals surface area contributed by atoms with Crippen LogP contribution in [0.1, 0.15) is 24.9 Å². The van der Waals surface area contributed by atoms with Crippen molar-refractivity contribution in [3.63, 3.8) is 0 Å². The van der Waals surface area contributed by atoms with Crippen molar-refractivity contribution in [2.45, 2.75) is 26.7 Å². The number of nitrogens with zero attached hydrogens (tertiary/aromatic N) is 4. The normalized spacial score (nSPS) is 17.5. The predicted molar refractivity (Wildman–Crippen MR) is 70.5 cm³/mol. The molecule has 1 saturated heterocycles. The third kappa shape index (κ3) is 3.16. The first-order valence-electron chi connectivity index (χ1n) is 6.47. The molecule has 0 bridgehead atoms. The van der Waals surface area contributed by atoms with Gasteiger partial charge in [0.1, 0.15) is 11.6 Å². The van der Waals surface area contributed by atoms with Crippen LogP contribution in [0.25, 0.3) is 0 Å². The summed E-state index contributed by atoms with van der Waals surface area (Å²) in [5.74, 6) is 2.00. The zero-order chi connectivity index (χ0) is 12.3.